The molecule has 4 unspecified atom stereocenters. The van der Waals surface area contributed by atoms with Gasteiger partial charge >= 0.3 is 12.1 Å². The summed E-state index contributed by atoms with van der Waals surface area (Å²) in [6, 6.07) is 3.09. The van der Waals surface area contributed by atoms with Crippen LogP contribution >= 0.6 is 45.3 Å². The van der Waals surface area contributed by atoms with Crippen molar-refractivity contribution in [2.75, 3.05) is 54.1 Å². The SMILES string of the molecule is CCOC(=O)c1sccc1NC(=O)C1CCCN1C(=O)c1sccc1NC(=O)C1CCCN1C(=O)c1sccc1NC(=O)C1CCCN1C(=O)c1sccc1NC(=O)C1CCCN1C(=O)OC(C)(C)C. The fourth-order valence-corrected chi connectivity index (χ4v) is 12.3. The summed E-state index contributed by atoms with van der Waals surface area (Å²) < 4.78 is 10.6. The minimum absolute atomic E-state index is 0.178. The molecule has 0 aromatic carbocycles. The molecule has 372 valence electrons. The topological polar surface area (TPSA) is 233 Å². The number of likely N-dealkylation sites (tertiary alicyclic amines) is 4. The number of anilines is 4. The van der Waals surface area contributed by atoms with Gasteiger partial charge < -0.3 is 45.4 Å². The van der Waals surface area contributed by atoms with Crippen LogP contribution in [0.25, 0.3) is 0 Å². The van der Waals surface area contributed by atoms with Crippen LogP contribution in [0, 0.1) is 0 Å². The lowest BCUT2D eigenvalue weighted by molar-refractivity contribution is -0.120. The van der Waals surface area contributed by atoms with Crippen LogP contribution in [0.2, 0.25) is 0 Å². The van der Waals surface area contributed by atoms with Crippen molar-refractivity contribution in [3.05, 3.63) is 65.3 Å². The molecule has 0 spiro atoms. The lowest BCUT2D eigenvalue weighted by Crippen LogP contribution is -2.46. The van der Waals surface area contributed by atoms with Gasteiger partial charge in [-0.3, -0.25) is 38.5 Å². The molecule has 4 saturated heterocycles. The molecule has 4 aliphatic heterocycles. The number of carbonyl (C=O) groups is 9. The van der Waals surface area contributed by atoms with Crippen LogP contribution in [-0.4, -0.2) is 136 Å². The number of ether oxygens (including phenoxy) is 2. The lowest BCUT2D eigenvalue weighted by Gasteiger charge is -2.28. The minimum atomic E-state index is -0.886. The molecule has 4 fully saturated rings. The van der Waals surface area contributed by atoms with E-state index in [0.29, 0.717) is 70.1 Å². The minimum Gasteiger partial charge on any atom is -0.462 e. The molecule has 0 saturated carbocycles. The van der Waals surface area contributed by atoms with Crippen molar-refractivity contribution in [1.29, 1.82) is 0 Å². The second-order valence-electron chi connectivity index (χ2n) is 18.1. The monoisotopic (exact) mass is 1030 g/mol. The van der Waals surface area contributed by atoms with Crippen LogP contribution in [0.1, 0.15) is 118 Å². The fourth-order valence-electron chi connectivity index (χ4n) is 9.16. The highest BCUT2D eigenvalue weighted by Gasteiger charge is 2.42. The van der Waals surface area contributed by atoms with E-state index in [9.17, 15) is 43.2 Å². The Morgan fingerprint density at radius 1 is 0.500 bits per heavy atom. The molecule has 19 nitrogen and oxygen atoms in total. The summed E-state index contributed by atoms with van der Waals surface area (Å²) in [5.74, 6) is -3.75. The van der Waals surface area contributed by atoms with Crippen LogP contribution in [0.5, 0.6) is 0 Å². The van der Waals surface area contributed by atoms with Gasteiger partial charge in [-0.2, -0.15) is 0 Å². The van der Waals surface area contributed by atoms with Gasteiger partial charge in [0.05, 0.1) is 29.4 Å². The van der Waals surface area contributed by atoms with Crippen molar-refractivity contribution in [2.24, 2.45) is 0 Å². The molecule has 23 heteroatoms. The highest BCUT2D eigenvalue weighted by molar-refractivity contribution is 7.13. The zero-order chi connectivity index (χ0) is 49.9. The second-order valence-corrected chi connectivity index (χ2v) is 21.8. The first kappa shape index (κ1) is 50.2. The van der Waals surface area contributed by atoms with Crippen molar-refractivity contribution in [3.8, 4) is 0 Å². The number of hydrogen-bond acceptors (Lipinski definition) is 15. The molecule has 0 aliphatic carbocycles. The number of esters is 1. The van der Waals surface area contributed by atoms with Crippen LogP contribution in [-0.2, 0) is 28.7 Å². The zero-order valence-electron chi connectivity index (χ0n) is 39.0. The number of nitrogens with one attached hydrogen (secondary N) is 4. The van der Waals surface area contributed by atoms with Crippen LogP contribution in [0.15, 0.2) is 45.8 Å². The first-order valence-corrected chi connectivity index (χ1v) is 26.7. The maximum absolute atomic E-state index is 14.2. The summed E-state index contributed by atoms with van der Waals surface area (Å²) in [5.41, 5.74) is 0.345. The first-order valence-electron chi connectivity index (χ1n) is 23.2. The summed E-state index contributed by atoms with van der Waals surface area (Å²) in [7, 11) is 0. The number of nitrogens with zero attached hydrogens (tertiary/aromatic N) is 4. The molecule has 0 radical (unpaired) electrons. The third kappa shape index (κ3) is 10.8. The van der Waals surface area contributed by atoms with E-state index in [1.807, 2.05) is 0 Å². The molecule has 4 aromatic rings. The summed E-state index contributed by atoms with van der Waals surface area (Å²) >= 11 is 4.50. The fraction of sp³-hybridized carbons (Fsp3) is 0.468. The second kappa shape index (κ2) is 21.4. The molecular weight excluding hydrogens is 981 g/mol. The summed E-state index contributed by atoms with van der Waals surface area (Å²) in [6.45, 7) is 8.37. The van der Waals surface area contributed by atoms with Gasteiger partial charge in [-0.15, -0.1) is 45.3 Å². The highest BCUT2D eigenvalue weighted by atomic mass is 32.1. The lowest BCUT2D eigenvalue weighted by atomic mass is 10.1. The van der Waals surface area contributed by atoms with Gasteiger partial charge in [0, 0.05) is 26.2 Å². The van der Waals surface area contributed by atoms with E-state index in [1.165, 1.54) is 19.6 Å². The number of thiophene rings is 4. The maximum atomic E-state index is 14.2. The van der Waals surface area contributed by atoms with Gasteiger partial charge in [-0.25, -0.2) is 9.59 Å². The first-order chi connectivity index (χ1) is 33.5. The van der Waals surface area contributed by atoms with E-state index in [1.54, 1.807) is 73.5 Å². The smallest absolute Gasteiger partial charge is 0.410 e. The summed E-state index contributed by atoms with van der Waals surface area (Å²) in [6.07, 6.45) is 3.25. The number of carbonyl (C=O) groups excluding carboxylic acids is 9. The van der Waals surface area contributed by atoms with Crippen LogP contribution in [0.3, 0.4) is 0 Å². The van der Waals surface area contributed by atoms with Gasteiger partial charge in [0.15, 0.2) is 0 Å². The summed E-state index contributed by atoms with van der Waals surface area (Å²) in [4.78, 5) is 129. The Kier molecular flexibility index (Phi) is 15.4. The molecule has 4 atom stereocenters. The Labute approximate surface area is 419 Å². The van der Waals surface area contributed by atoms with E-state index in [2.05, 4.69) is 21.3 Å². The van der Waals surface area contributed by atoms with Gasteiger partial charge in [-0.1, -0.05) is 0 Å². The third-order valence-corrected chi connectivity index (χ3v) is 16.0. The number of amides is 8. The molecule has 4 N–H and O–H groups in total. The highest BCUT2D eigenvalue weighted by Crippen LogP contribution is 2.35. The van der Waals surface area contributed by atoms with E-state index in [-0.39, 0.29) is 56.3 Å². The molecule has 70 heavy (non-hydrogen) atoms. The number of rotatable bonds is 13. The normalized spacial score (nSPS) is 20.1. The van der Waals surface area contributed by atoms with E-state index in [4.69, 9.17) is 9.47 Å². The average Bonchev–Trinajstić information content (AvgIpc) is 4.17. The molecule has 4 aliphatic rings. The predicted octanol–water partition coefficient (Wildman–Crippen LogP) is 7.18. The van der Waals surface area contributed by atoms with Crippen molar-refractivity contribution in [3.63, 3.8) is 0 Å². The largest absolute Gasteiger partial charge is 0.462 e. The maximum Gasteiger partial charge on any atom is 0.410 e. The Morgan fingerprint density at radius 2 is 0.800 bits per heavy atom. The summed E-state index contributed by atoms with van der Waals surface area (Å²) in [5, 5.41) is 18.0. The van der Waals surface area contributed by atoms with Crippen molar-refractivity contribution in [1.82, 2.24) is 19.6 Å². The Morgan fingerprint density at radius 3 is 1.13 bits per heavy atom. The van der Waals surface area contributed by atoms with Crippen molar-refractivity contribution >= 4 is 122 Å². The van der Waals surface area contributed by atoms with E-state index >= 15 is 0 Å². The average molecular weight is 1040 g/mol. The van der Waals surface area contributed by atoms with E-state index in [0.717, 1.165) is 45.3 Å². The van der Waals surface area contributed by atoms with Gasteiger partial charge in [-0.05, 0) is 125 Å². The van der Waals surface area contributed by atoms with Crippen molar-refractivity contribution < 1.29 is 52.6 Å². The quantitative estimate of drug-likeness (QED) is 0.0980. The number of hydrogen-bond donors (Lipinski definition) is 4. The van der Waals surface area contributed by atoms with Gasteiger partial charge in [0.2, 0.25) is 23.6 Å². The van der Waals surface area contributed by atoms with Gasteiger partial charge in [0.1, 0.15) is 49.3 Å². The third-order valence-electron chi connectivity index (χ3n) is 12.4. The molecular formula is C47H54N8O11S4. The van der Waals surface area contributed by atoms with Crippen LogP contribution in [0.4, 0.5) is 27.5 Å². The predicted molar refractivity (Wildman–Crippen MR) is 266 cm³/mol. The zero-order valence-corrected chi connectivity index (χ0v) is 42.3. The van der Waals surface area contributed by atoms with Crippen LogP contribution < -0.4 is 21.3 Å². The Balaban J connectivity index is 0.882. The molecule has 0 bridgehead atoms. The van der Waals surface area contributed by atoms with E-state index < -0.39 is 83.2 Å². The molecule has 8 heterocycles. The standard InChI is InChI=1S/C47H54N8O11S4/c1-5-65-45(63)37-29(17-25-70-37)51-40(58)32-12-8-20-54(32)43(61)35-27(15-23-68-35)49-38(56)30-10-6-18-52(30)42(60)34-26(14-22-67-34)48-39(57)31-11-7-19-53(31)44(62)36-28(16-24-69-36)50-41(59)33-13-9-21-55(33)46(64)66-47(2,3)4/h14-17,22-25,30-33H,5-13,18-21H2,1-4H3,(H,48,57)(H,49,56)(H,50,59)(H,51,58). The van der Waals surface area contributed by atoms with Gasteiger partial charge in [0.25, 0.3) is 17.7 Å². The Bertz CT molecular complexity index is 2680. The Hall–Kier alpha value is -6.17. The molecule has 8 rings (SSSR count). The van der Waals surface area contributed by atoms with Crippen molar-refractivity contribution in [2.45, 2.75) is 109 Å². The molecule has 8 amide bonds. The molecule has 4 aromatic heterocycles.